The summed E-state index contributed by atoms with van der Waals surface area (Å²) >= 11 is 0. The molecule has 2 heteroatoms. The van der Waals surface area contributed by atoms with Crippen LogP contribution in [0.2, 0.25) is 19.6 Å². The van der Waals surface area contributed by atoms with E-state index in [0.717, 1.165) is 16.8 Å². The highest BCUT2D eigenvalue weighted by Gasteiger charge is 2.31. The normalized spacial score (nSPS) is 15.0. The van der Waals surface area contributed by atoms with Crippen molar-refractivity contribution in [3.05, 3.63) is 47.2 Å². The lowest BCUT2D eigenvalue weighted by Gasteiger charge is -2.28. The van der Waals surface area contributed by atoms with Gasteiger partial charge in [0.25, 0.3) is 0 Å². The fourth-order valence-electron chi connectivity index (χ4n) is 3.09. The van der Waals surface area contributed by atoms with Crippen LogP contribution in [0.4, 0.5) is 0 Å². The number of pyridine rings is 1. The van der Waals surface area contributed by atoms with E-state index in [2.05, 4.69) is 64.3 Å². The number of hydrogen-bond donors (Lipinski definition) is 0. The maximum Gasteiger partial charge on any atom is 0.212 e. The molecule has 0 radical (unpaired) electrons. The number of nitrogens with zero attached hydrogens (tertiary/aromatic N) is 1. The van der Waals surface area contributed by atoms with E-state index in [1.807, 2.05) is 13.0 Å². The molecule has 1 heterocycles. The summed E-state index contributed by atoms with van der Waals surface area (Å²) in [6.45, 7) is 13.9. The number of rotatable bonds is 2. The molecule has 1 aromatic carbocycles. The van der Waals surface area contributed by atoms with E-state index in [4.69, 9.17) is 4.11 Å². The summed E-state index contributed by atoms with van der Waals surface area (Å²) in [6.07, 6.45) is 2.26. The summed E-state index contributed by atoms with van der Waals surface area (Å²) < 4.78 is 25.1. The maximum atomic E-state index is 7.63. The second-order valence-corrected chi connectivity index (χ2v) is 13.7. The van der Waals surface area contributed by atoms with Gasteiger partial charge in [0.05, 0.1) is 8.07 Å². The van der Waals surface area contributed by atoms with Crippen molar-refractivity contribution in [2.75, 3.05) is 0 Å². The van der Waals surface area contributed by atoms with Gasteiger partial charge in [0, 0.05) is 21.3 Å². The minimum absolute atomic E-state index is 0.0894. The van der Waals surface area contributed by atoms with Crippen LogP contribution in [0.1, 0.15) is 41.6 Å². The largest absolute Gasteiger partial charge is 0.212 e. The molecule has 0 atom stereocenters. The van der Waals surface area contributed by atoms with Gasteiger partial charge in [-0.2, -0.15) is 0 Å². The van der Waals surface area contributed by atoms with Gasteiger partial charge in [0.15, 0.2) is 6.20 Å². The molecule has 0 fully saturated rings. The Morgan fingerprint density at radius 3 is 2.22 bits per heavy atom. The summed E-state index contributed by atoms with van der Waals surface area (Å²) in [5, 5.41) is 1.47. The Labute approximate surface area is 147 Å². The summed E-state index contributed by atoms with van der Waals surface area (Å²) in [7, 11) is 0.543. The molecule has 0 saturated carbocycles. The monoisotopic (exact) mass is 329 g/mol. The highest BCUT2D eigenvalue weighted by Crippen LogP contribution is 2.26. The van der Waals surface area contributed by atoms with Gasteiger partial charge in [-0.05, 0) is 36.0 Å². The van der Waals surface area contributed by atoms with Crippen LogP contribution in [0.15, 0.2) is 30.5 Å². The molecule has 2 rings (SSSR count). The fraction of sp³-hybridized carbons (Fsp3) is 0.476. The lowest BCUT2D eigenvalue weighted by Crippen LogP contribution is -2.47. The Balaban J connectivity index is 2.72. The van der Waals surface area contributed by atoms with Crippen molar-refractivity contribution in [2.45, 2.75) is 59.6 Å². The Kier molecular flexibility index (Phi) is 3.58. The molecule has 0 aliphatic heterocycles. The van der Waals surface area contributed by atoms with Gasteiger partial charge < -0.3 is 0 Å². The molecule has 0 aliphatic carbocycles. The minimum atomic E-state index is -2.06. The molecule has 0 N–H and O–H groups in total. The van der Waals surface area contributed by atoms with Crippen LogP contribution in [0, 0.1) is 13.8 Å². The SMILES string of the molecule is [2H]C([2H])([2H])c1ccc(-c2cc([Si](C)(C)C)c(C(C)(C)C)c[n+]2C)c(C)c1. The Hall–Kier alpha value is -1.41. The van der Waals surface area contributed by atoms with Gasteiger partial charge in [-0.15, -0.1) is 0 Å². The van der Waals surface area contributed by atoms with E-state index in [1.54, 1.807) is 12.1 Å². The van der Waals surface area contributed by atoms with E-state index in [-0.39, 0.29) is 5.41 Å². The van der Waals surface area contributed by atoms with Crippen molar-refractivity contribution in [1.82, 2.24) is 0 Å². The van der Waals surface area contributed by atoms with Gasteiger partial charge in [0.2, 0.25) is 5.69 Å². The predicted molar refractivity (Wildman–Crippen MR) is 104 cm³/mol. The van der Waals surface area contributed by atoms with Gasteiger partial charge in [0.1, 0.15) is 7.05 Å². The Morgan fingerprint density at radius 1 is 1.09 bits per heavy atom. The minimum Gasteiger partial charge on any atom is -0.201 e. The second-order valence-electron chi connectivity index (χ2n) is 8.63. The Morgan fingerprint density at radius 2 is 1.74 bits per heavy atom. The third kappa shape index (κ3) is 3.74. The zero-order valence-corrected chi connectivity index (χ0v) is 16.8. The van der Waals surface area contributed by atoms with Crippen molar-refractivity contribution in [3.63, 3.8) is 0 Å². The molecule has 2 aromatic rings. The molecule has 0 bridgehead atoms. The smallest absolute Gasteiger partial charge is 0.201 e. The van der Waals surface area contributed by atoms with E-state index in [1.165, 1.54) is 10.8 Å². The number of benzene rings is 1. The quantitative estimate of drug-likeness (QED) is 0.558. The average molecular weight is 330 g/mol. The lowest BCUT2D eigenvalue weighted by atomic mass is 9.87. The topological polar surface area (TPSA) is 3.88 Å². The van der Waals surface area contributed by atoms with Crippen LogP contribution in [0.3, 0.4) is 0 Å². The van der Waals surface area contributed by atoms with E-state index < -0.39 is 14.9 Å². The molecular weight excluding hydrogens is 294 g/mol. The molecule has 0 spiro atoms. The van der Waals surface area contributed by atoms with Gasteiger partial charge >= 0.3 is 0 Å². The average Bonchev–Trinajstić information content (AvgIpc) is 2.44. The van der Waals surface area contributed by atoms with Crippen LogP contribution < -0.4 is 9.75 Å². The molecule has 1 aromatic heterocycles. The number of aromatic nitrogens is 1. The molecule has 0 aliphatic rings. The molecular formula is C21H32NSi+. The first-order valence-corrected chi connectivity index (χ1v) is 11.8. The fourth-order valence-corrected chi connectivity index (χ4v) is 4.90. The molecule has 23 heavy (non-hydrogen) atoms. The number of hydrogen-bond acceptors (Lipinski definition) is 0. The zero-order chi connectivity index (χ0) is 20.1. The third-order valence-electron chi connectivity index (χ3n) is 4.39. The van der Waals surface area contributed by atoms with Crippen molar-refractivity contribution >= 4 is 13.3 Å². The van der Waals surface area contributed by atoms with Crippen LogP contribution in [0.25, 0.3) is 11.3 Å². The van der Waals surface area contributed by atoms with Crippen LogP contribution in [-0.4, -0.2) is 8.07 Å². The second kappa shape index (κ2) is 5.90. The van der Waals surface area contributed by atoms with E-state index in [9.17, 15) is 0 Å². The van der Waals surface area contributed by atoms with Crippen LogP contribution in [0.5, 0.6) is 0 Å². The van der Waals surface area contributed by atoms with Gasteiger partial charge in [-0.3, -0.25) is 0 Å². The third-order valence-corrected chi connectivity index (χ3v) is 6.42. The molecule has 1 nitrogen and oxygen atoms in total. The van der Waals surface area contributed by atoms with Gasteiger partial charge in [-0.1, -0.05) is 58.1 Å². The maximum absolute atomic E-state index is 7.63. The summed E-state index contributed by atoms with van der Waals surface area (Å²) in [5.41, 5.74) is 5.13. The number of aryl methyl sites for hydroxylation is 3. The van der Waals surface area contributed by atoms with E-state index in [0.29, 0.717) is 5.56 Å². The van der Waals surface area contributed by atoms with Crippen molar-refractivity contribution in [2.24, 2.45) is 7.05 Å². The first-order valence-electron chi connectivity index (χ1n) is 9.78. The first-order chi connectivity index (χ1) is 11.6. The lowest BCUT2D eigenvalue weighted by molar-refractivity contribution is -0.660. The zero-order valence-electron chi connectivity index (χ0n) is 18.8. The molecule has 0 saturated heterocycles. The summed E-state index contributed by atoms with van der Waals surface area (Å²) in [4.78, 5) is 0. The highest BCUT2D eigenvalue weighted by atomic mass is 28.3. The molecule has 124 valence electrons. The first kappa shape index (κ1) is 14.0. The van der Waals surface area contributed by atoms with Crippen LogP contribution >= 0.6 is 0 Å². The van der Waals surface area contributed by atoms with Crippen molar-refractivity contribution < 1.29 is 8.68 Å². The van der Waals surface area contributed by atoms with Gasteiger partial charge in [-0.25, -0.2) is 4.57 Å². The van der Waals surface area contributed by atoms with E-state index >= 15 is 0 Å². The predicted octanol–water partition coefficient (Wildman–Crippen LogP) is 4.64. The van der Waals surface area contributed by atoms with Crippen LogP contribution in [-0.2, 0) is 12.5 Å². The van der Waals surface area contributed by atoms with Crippen molar-refractivity contribution in [1.29, 1.82) is 0 Å². The van der Waals surface area contributed by atoms with Crippen molar-refractivity contribution in [3.8, 4) is 11.3 Å². The summed E-state index contributed by atoms with van der Waals surface area (Å²) in [6, 6.07) is 7.83. The highest BCUT2D eigenvalue weighted by molar-refractivity contribution is 6.89. The molecule has 0 amide bonds. The standard InChI is InChI=1S/C21H32NSi/c1-15-10-11-17(16(2)12-15)19-13-20(23(7,8)9)18(14-22(19)6)21(3,4)5/h10-14H,1-9H3/q+1/i1D3. The Bertz CT molecular complexity index is 825. The molecule has 0 unspecified atom stereocenters. The summed E-state index contributed by atoms with van der Waals surface area (Å²) in [5.74, 6) is 0.